The average Bonchev–Trinajstić information content (AvgIpc) is 2.88. The predicted molar refractivity (Wildman–Crippen MR) is 84.0 cm³/mol. The Kier molecular flexibility index (Phi) is 4.60. The SMILES string of the molecule is CSc1nc2nc3c(c(NCCO)n2n1)CCCCCC3. The number of aryl methyl sites for hydroxylation is 1. The summed E-state index contributed by atoms with van der Waals surface area (Å²) in [6, 6.07) is 0. The molecule has 0 saturated heterocycles. The van der Waals surface area contributed by atoms with Crippen molar-refractivity contribution in [1.29, 1.82) is 0 Å². The summed E-state index contributed by atoms with van der Waals surface area (Å²) in [4.78, 5) is 9.19. The van der Waals surface area contributed by atoms with Gasteiger partial charge >= 0.3 is 0 Å². The van der Waals surface area contributed by atoms with Gasteiger partial charge in [-0.3, -0.25) is 0 Å². The van der Waals surface area contributed by atoms with Gasteiger partial charge in [-0.15, -0.1) is 5.10 Å². The molecule has 0 atom stereocenters. The summed E-state index contributed by atoms with van der Waals surface area (Å²) in [5.41, 5.74) is 2.39. The van der Waals surface area contributed by atoms with Crippen LogP contribution in [-0.4, -0.2) is 44.1 Å². The van der Waals surface area contributed by atoms with E-state index in [9.17, 15) is 0 Å². The number of thioether (sulfide) groups is 1. The number of aliphatic hydroxyl groups is 1. The monoisotopic (exact) mass is 307 g/mol. The highest BCUT2D eigenvalue weighted by atomic mass is 32.2. The first-order chi connectivity index (χ1) is 10.3. The van der Waals surface area contributed by atoms with Crippen LogP contribution in [0.4, 0.5) is 5.82 Å². The molecule has 3 rings (SSSR count). The molecule has 6 nitrogen and oxygen atoms in total. The summed E-state index contributed by atoms with van der Waals surface area (Å²) >= 11 is 1.52. The van der Waals surface area contributed by atoms with Crippen LogP contribution < -0.4 is 5.32 Å². The van der Waals surface area contributed by atoms with Crippen LogP contribution in [0, 0.1) is 0 Å². The number of aliphatic hydroxyl groups excluding tert-OH is 1. The smallest absolute Gasteiger partial charge is 0.255 e. The first kappa shape index (κ1) is 14.6. The van der Waals surface area contributed by atoms with Gasteiger partial charge in [-0.1, -0.05) is 24.6 Å². The number of hydrogen-bond acceptors (Lipinski definition) is 6. The van der Waals surface area contributed by atoms with E-state index in [1.54, 1.807) is 4.52 Å². The molecule has 0 fully saturated rings. The highest BCUT2D eigenvalue weighted by molar-refractivity contribution is 7.98. The molecule has 0 aromatic carbocycles. The first-order valence-electron chi connectivity index (χ1n) is 7.50. The molecule has 21 heavy (non-hydrogen) atoms. The second-order valence-electron chi connectivity index (χ2n) is 5.26. The third kappa shape index (κ3) is 2.98. The van der Waals surface area contributed by atoms with E-state index in [2.05, 4.69) is 15.4 Å². The van der Waals surface area contributed by atoms with Crippen molar-refractivity contribution in [3.63, 3.8) is 0 Å². The Bertz CT molecular complexity index is 627. The van der Waals surface area contributed by atoms with E-state index in [4.69, 9.17) is 10.1 Å². The van der Waals surface area contributed by atoms with Gasteiger partial charge in [0.15, 0.2) is 0 Å². The second kappa shape index (κ2) is 6.62. The Hall–Kier alpha value is -1.34. The van der Waals surface area contributed by atoms with E-state index in [1.165, 1.54) is 43.0 Å². The van der Waals surface area contributed by atoms with Gasteiger partial charge in [-0.05, 0) is 31.9 Å². The number of anilines is 1. The van der Waals surface area contributed by atoms with Crippen LogP contribution >= 0.6 is 11.8 Å². The summed E-state index contributed by atoms with van der Waals surface area (Å²) in [6.45, 7) is 0.614. The molecule has 0 spiro atoms. The molecule has 2 N–H and O–H groups in total. The minimum Gasteiger partial charge on any atom is -0.395 e. The molecular weight excluding hydrogens is 286 g/mol. The van der Waals surface area contributed by atoms with Crippen molar-refractivity contribution in [1.82, 2.24) is 19.6 Å². The molecular formula is C14H21N5OS. The van der Waals surface area contributed by atoms with Crippen molar-refractivity contribution in [2.75, 3.05) is 24.7 Å². The van der Waals surface area contributed by atoms with Crippen LogP contribution in [0.15, 0.2) is 5.16 Å². The lowest BCUT2D eigenvalue weighted by Crippen LogP contribution is -2.16. The van der Waals surface area contributed by atoms with Gasteiger partial charge in [0.25, 0.3) is 5.78 Å². The van der Waals surface area contributed by atoms with E-state index < -0.39 is 0 Å². The molecule has 0 amide bonds. The highest BCUT2D eigenvalue weighted by Gasteiger charge is 2.18. The Labute approximate surface area is 128 Å². The van der Waals surface area contributed by atoms with Crippen LogP contribution in [0.1, 0.15) is 36.9 Å². The van der Waals surface area contributed by atoms with E-state index in [0.29, 0.717) is 12.3 Å². The van der Waals surface area contributed by atoms with Crippen LogP contribution in [0.3, 0.4) is 0 Å². The maximum Gasteiger partial charge on any atom is 0.255 e. The fourth-order valence-corrected chi connectivity index (χ4v) is 3.16. The molecule has 0 bridgehead atoms. The molecule has 0 saturated carbocycles. The Morgan fingerprint density at radius 1 is 1.19 bits per heavy atom. The Morgan fingerprint density at radius 2 is 2.00 bits per heavy atom. The zero-order chi connectivity index (χ0) is 14.7. The second-order valence-corrected chi connectivity index (χ2v) is 6.03. The summed E-state index contributed by atoms with van der Waals surface area (Å²) in [5.74, 6) is 1.61. The number of aromatic nitrogens is 4. The molecule has 0 radical (unpaired) electrons. The van der Waals surface area contributed by atoms with E-state index in [-0.39, 0.29) is 6.61 Å². The summed E-state index contributed by atoms with van der Waals surface area (Å²) in [6.07, 6.45) is 8.88. The zero-order valence-electron chi connectivity index (χ0n) is 12.3. The maximum absolute atomic E-state index is 9.13. The maximum atomic E-state index is 9.13. The van der Waals surface area contributed by atoms with Crippen molar-refractivity contribution in [2.45, 2.75) is 43.7 Å². The van der Waals surface area contributed by atoms with Gasteiger partial charge in [0.1, 0.15) is 5.82 Å². The van der Waals surface area contributed by atoms with Gasteiger partial charge in [-0.2, -0.15) is 9.50 Å². The number of nitrogens with zero attached hydrogens (tertiary/aromatic N) is 4. The van der Waals surface area contributed by atoms with Gasteiger partial charge < -0.3 is 10.4 Å². The van der Waals surface area contributed by atoms with Crippen molar-refractivity contribution in [2.24, 2.45) is 0 Å². The molecule has 0 unspecified atom stereocenters. The Morgan fingerprint density at radius 3 is 2.76 bits per heavy atom. The molecule has 2 aromatic rings. The van der Waals surface area contributed by atoms with Gasteiger partial charge in [0.05, 0.1) is 12.3 Å². The zero-order valence-corrected chi connectivity index (χ0v) is 13.1. The summed E-state index contributed by atoms with van der Waals surface area (Å²) in [7, 11) is 0. The first-order valence-corrected chi connectivity index (χ1v) is 8.73. The molecule has 114 valence electrons. The predicted octanol–water partition coefficient (Wildman–Crippen LogP) is 1.91. The van der Waals surface area contributed by atoms with Crippen molar-refractivity contribution < 1.29 is 5.11 Å². The highest BCUT2D eigenvalue weighted by Crippen LogP contribution is 2.27. The van der Waals surface area contributed by atoms with Crippen molar-refractivity contribution in [3.05, 3.63) is 11.3 Å². The third-order valence-electron chi connectivity index (χ3n) is 3.83. The van der Waals surface area contributed by atoms with Crippen molar-refractivity contribution >= 4 is 23.4 Å². The van der Waals surface area contributed by atoms with Crippen LogP contribution in [0.5, 0.6) is 0 Å². The third-order valence-corrected chi connectivity index (χ3v) is 4.37. The molecule has 7 heteroatoms. The molecule has 2 aromatic heterocycles. The quantitative estimate of drug-likeness (QED) is 0.841. The van der Waals surface area contributed by atoms with Crippen molar-refractivity contribution in [3.8, 4) is 0 Å². The van der Waals surface area contributed by atoms with E-state index in [1.807, 2.05) is 6.26 Å². The Balaban J connectivity index is 2.13. The topological polar surface area (TPSA) is 75.3 Å². The van der Waals surface area contributed by atoms with Crippen LogP contribution in [-0.2, 0) is 12.8 Å². The lowest BCUT2D eigenvalue weighted by atomic mass is 9.97. The lowest BCUT2D eigenvalue weighted by molar-refractivity contribution is 0.311. The van der Waals surface area contributed by atoms with Gasteiger partial charge in [0.2, 0.25) is 5.16 Å². The number of hydrogen-bond donors (Lipinski definition) is 2. The number of rotatable bonds is 4. The fourth-order valence-electron chi connectivity index (χ4n) is 2.82. The van der Waals surface area contributed by atoms with E-state index in [0.717, 1.165) is 29.5 Å². The minimum absolute atomic E-state index is 0.0999. The lowest BCUT2D eigenvalue weighted by Gasteiger charge is -2.18. The molecule has 2 heterocycles. The van der Waals surface area contributed by atoms with Crippen LogP contribution in [0.2, 0.25) is 0 Å². The van der Waals surface area contributed by atoms with Gasteiger partial charge in [-0.25, -0.2) is 4.98 Å². The molecule has 0 aliphatic heterocycles. The fraction of sp³-hybridized carbons (Fsp3) is 0.643. The molecule has 1 aliphatic carbocycles. The minimum atomic E-state index is 0.0999. The summed E-state index contributed by atoms with van der Waals surface area (Å²) in [5, 5.41) is 17.7. The number of fused-ring (bicyclic) bond motifs is 2. The summed E-state index contributed by atoms with van der Waals surface area (Å²) < 4.78 is 1.79. The normalized spacial score (nSPS) is 15.5. The number of nitrogens with one attached hydrogen (secondary N) is 1. The average molecular weight is 307 g/mol. The standard InChI is InChI=1S/C14H21N5OS/c1-21-14-17-13-16-11-7-5-3-2-4-6-10(11)12(15-8-9-20)19(13)18-14/h15,20H,2-9H2,1H3. The van der Waals surface area contributed by atoms with Gasteiger partial charge in [0, 0.05) is 12.1 Å². The van der Waals surface area contributed by atoms with Crippen LogP contribution in [0.25, 0.3) is 5.78 Å². The largest absolute Gasteiger partial charge is 0.395 e. The van der Waals surface area contributed by atoms with E-state index >= 15 is 0 Å². The molecule has 1 aliphatic rings.